The first-order chi connectivity index (χ1) is 9.59. The highest BCUT2D eigenvalue weighted by Crippen LogP contribution is 2.22. The molecule has 0 saturated carbocycles. The van der Waals surface area contributed by atoms with Gasteiger partial charge in [-0.15, -0.1) is 0 Å². The van der Waals surface area contributed by atoms with Crippen LogP contribution >= 0.6 is 0 Å². The number of carbonyl (C=O) groups is 1. The fourth-order valence-electron chi connectivity index (χ4n) is 2.44. The van der Waals surface area contributed by atoms with Crippen LogP contribution in [0.5, 0.6) is 0 Å². The third-order valence-electron chi connectivity index (χ3n) is 3.52. The average Bonchev–Trinajstić information content (AvgIpc) is 2.47. The zero-order valence-corrected chi connectivity index (χ0v) is 12.2. The van der Waals surface area contributed by atoms with E-state index >= 15 is 0 Å². The number of hydrogen-bond donors (Lipinski definition) is 1. The van der Waals surface area contributed by atoms with Crippen LogP contribution in [0.15, 0.2) is 24.3 Å². The molecule has 1 heterocycles. The summed E-state index contributed by atoms with van der Waals surface area (Å²) in [6.45, 7) is 5.58. The van der Waals surface area contributed by atoms with Crippen LogP contribution in [-0.2, 0) is 16.1 Å². The number of benzene rings is 1. The molecule has 0 aliphatic carbocycles. The summed E-state index contributed by atoms with van der Waals surface area (Å²) in [5.74, 6) is -0.0400. The molecule has 1 aromatic carbocycles. The van der Waals surface area contributed by atoms with Crippen molar-refractivity contribution in [3.63, 3.8) is 0 Å². The van der Waals surface area contributed by atoms with E-state index in [1.165, 1.54) is 5.69 Å². The summed E-state index contributed by atoms with van der Waals surface area (Å²) >= 11 is 0. The third-order valence-corrected chi connectivity index (χ3v) is 3.52. The minimum atomic E-state index is -0.462. The normalized spacial score (nSPS) is 16.9. The summed E-state index contributed by atoms with van der Waals surface area (Å²) in [4.78, 5) is 15.9. The number of anilines is 1. The number of nitrogens with zero attached hydrogens (tertiary/aromatic N) is 2. The molecule has 1 aromatic rings. The molecular formula is C15H23N3O2. The average molecular weight is 277 g/mol. The Morgan fingerprint density at radius 2 is 2.05 bits per heavy atom. The second-order valence-corrected chi connectivity index (χ2v) is 5.21. The topological polar surface area (TPSA) is 58.8 Å². The minimum Gasteiger partial charge on any atom is -0.378 e. The maximum Gasteiger partial charge on any atom is 0.239 e. The number of ether oxygens (including phenoxy) is 1. The molecule has 5 heteroatoms. The molecule has 1 saturated heterocycles. The first kappa shape index (κ1) is 14.8. The Hall–Kier alpha value is -1.59. The lowest BCUT2D eigenvalue weighted by Gasteiger charge is -2.31. The number of carbonyl (C=O) groups excluding carboxylic acids is 1. The van der Waals surface area contributed by atoms with Gasteiger partial charge in [0.05, 0.1) is 19.3 Å². The van der Waals surface area contributed by atoms with E-state index in [0.29, 0.717) is 6.54 Å². The maximum atomic E-state index is 11.9. The Kier molecular flexibility index (Phi) is 4.98. The molecule has 2 N–H and O–H groups in total. The van der Waals surface area contributed by atoms with Gasteiger partial charge in [-0.05, 0) is 18.6 Å². The molecular weight excluding hydrogens is 254 g/mol. The van der Waals surface area contributed by atoms with Crippen LogP contribution in [0.1, 0.15) is 12.5 Å². The Labute approximate surface area is 120 Å². The summed E-state index contributed by atoms with van der Waals surface area (Å²) < 4.78 is 5.39. The molecule has 2 rings (SSSR count). The highest BCUT2D eigenvalue weighted by atomic mass is 16.5. The fraction of sp³-hybridized carbons (Fsp3) is 0.533. The minimum absolute atomic E-state index is 0.0400. The fourth-order valence-corrected chi connectivity index (χ4v) is 2.44. The van der Waals surface area contributed by atoms with Crippen molar-refractivity contribution in [1.29, 1.82) is 0 Å². The van der Waals surface area contributed by atoms with Crippen LogP contribution < -0.4 is 10.6 Å². The number of likely N-dealkylation sites (N-methyl/N-ethyl adjacent to an activating group) is 1. The molecule has 20 heavy (non-hydrogen) atoms. The van der Waals surface area contributed by atoms with Gasteiger partial charge in [0.25, 0.3) is 0 Å². The molecule has 1 aliphatic rings. The van der Waals surface area contributed by atoms with E-state index in [9.17, 15) is 4.79 Å². The first-order valence-corrected chi connectivity index (χ1v) is 7.00. The van der Waals surface area contributed by atoms with Crippen LogP contribution in [0, 0.1) is 0 Å². The second kappa shape index (κ2) is 6.72. The number of hydrogen-bond acceptors (Lipinski definition) is 4. The highest BCUT2D eigenvalue weighted by Gasteiger charge is 2.18. The Morgan fingerprint density at radius 3 is 2.70 bits per heavy atom. The van der Waals surface area contributed by atoms with Gasteiger partial charge in [0.2, 0.25) is 5.91 Å². The van der Waals surface area contributed by atoms with Gasteiger partial charge >= 0.3 is 0 Å². The standard InChI is InChI=1S/C15H23N3O2/c1-12(16)15(19)17(2)11-13-5-3-4-6-14(13)18-7-9-20-10-8-18/h3-6,12H,7-11,16H2,1-2H3/t12-/m1/s1. The van der Waals surface area contributed by atoms with Crippen molar-refractivity contribution in [2.75, 3.05) is 38.3 Å². The summed E-state index contributed by atoms with van der Waals surface area (Å²) in [5.41, 5.74) is 7.98. The lowest BCUT2D eigenvalue weighted by molar-refractivity contribution is -0.131. The second-order valence-electron chi connectivity index (χ2n) is 5.21. The van der Waals surface area contributed by atoms with E-state index in [1.54, 1.807) is 18.9 Å². The van der Waals surface area contributed by atoms with Gasteiger partial charge in [-0.25, -0.2) is 0 Å². The van der Waals surface area contributed by atoms with Gasteiger partial charge in [0, 0.05) is 32.4 Å². The zero-order valence-electron chi connectivity index (χ0n) is 12.2. The quantitative estimate of drug-likeness (QED) is 0.885. The van der Waals surface area contributed by atoms with Crippen molar-refractivity contribution in [3.8, 4) is 0 Å². The molecule has 0 unspecified atom stereocenters. The van der Waals surface area contributed by atoms with Gasteiger partial charge in [-0.2, -0.15) is 0 Å². The molecule has 1 atom stereocenters. The van der Waals surface area contributed by atoms with Crippen molar-refractivity contribution in [2.24, 2.45) is 5.73 Å². The van der Waals surface area contributed by atoms with Gasteiger partial charge in [-0.1, -0.05) is 18.2 Å². The Bertz CT molecular complexity index is 456. The van der Waals surface area contributed by atoms with Crippen molar-refractivity contribution in [3.05, 3.63) is 29.8 Å². The number of para-hydroxylation sites is 1. The molecule has 0 bridgehead atoms. The smallest absolute Gasteiger partial charge is 0.239 e. The predicted molar refractivity (Wildman–Crippen MR) is 79.6 cm³/mol. The lowest BCUT2D eigenvalue weighted by atomic mass is 10.1. The zero-order chi connectivity index (χ0) is 14.5. The SMILES string of the molecule is C[C@@H](N)C(=O)N(C)Cc1ccccc1N1CCOCC1. The van der Waals surface area contributed by atoms with Gasteiger partial charge in [-0.3, -0.25) is 4.79 Å². The largest absolute Gasteiger partial charge is 0.378 e. The molecule has 1 fully saturated rings. The van der Waals surface area contributed by atoms with E-state index in [1.807, 2.05) is 12.1 Å². The van der Waals surface area contributed by atoms with Crippen molar-refractivity contribution in [2.45, 2.75) is 19.5 Å². The van der Waals surface area contributed by atoms with Gasteiger partial charge in [0.15, 0.2) is 0 Å². The van der Waals surface area contributed by atoms with Crippen LogP contribution in [0.25, 0.3) is 0 Å². The van der Waals surface area contributed by atoms with E-state index in [0.717, 1.165) is 31.9 Å². The number of amides is 1. The highest BCUT2D eigenvalue weighted by molar-refractivity contribution is 5.81. The van der Waals surface area contributed by atoms with E-state index in [4.69, 9.17) is 10.5 Å². The molecule has 0 aromatic heterocycles. The molecule has 5 nitrogen and oxygen atoms in total. The van der Waals surface area contributed by atoms with E-state index < -0.39 is 6.04 Å². The van der Waals surface area contributed by atoms with Crippen molar-refractivity contribution < 1.29 is 9.53 Å². The molecule has 110 valence electrons. The summed E-state index contributed by atoms with van der Waals surface area (Å²) in [6.07, 6.45) is 0. The molecule has 0 radical (unpaired) electrons. The Balaban J connectivity index is 2.13. The van der Waals surface area contributed by atoms with Crippen LogP contribution in [0.2, 0.25) is 0 Å². The van der Waals surface area contributed by atoms with Crippen molar-refractivity contribution >= 4 is 11.6 Å². The Morgan fingerprint density at radius 1 is 1.40 bits per heavy atom. The van der Waals surface area contributed by atoms with Crippen molar-refractivity contribution in [1.82, 2.24) is 4.90 Å². The van der Waals surface area contributed by atoms with Crippen LogP contribution in [-0.4, -0.2) is 50.2 Å². The summed E-state index contributed by atoms with van der Waals surface area (Å²) in [6, 6.07) is 7.74. The number of rotatable bonds is 4. The molecule has 0 spiro atoms. The van der Waals surface area contributed by atoms with Crippen LogP contribution in [0.3, 0.4) is 0 Å². The van der Waals surface area contributed by atoms with E-state index in [-0.39, 0.29) is 5.91 Å². The molecule has 1 amide bonds. The summed E-state index contributed by atoms with van der Waals surface area (Å²) in [7, 11) is 1.79. The number of morpholine rings is 1. The monoisotopic (exact) mass is 277 g/mol. The van der Waals surface area contributed by atoms with Crippen LogP contribution in [0.4, 0.5) is 5.69 Å². The third kappa shape index (κ3) is 3.49. The maximum absolute atomic E-state index is 11.9. The summed E-state index contributed by atoms with van der Waals surface area (Å²) in [5, 5.41) is 0. The lowest BCUT2D eigenvalue weighted by Crippen LogP contribution is -2.40. The predicted octanol–water partition coefficient (Wildman–Crippen LogP) is 0.829. The molecule has 1 aliphatic heterocycles. The first-order valence-electron chi connectivity index (χ1n) is 7.00. The number of nitrogens with two attached hydrogens (primary N) is 1. The van der Waals surface area contributed by atoms with Gasteiger partial charge < -0.3 is 20.3 Å². The van der Waals surface area contributed by atoms with Gasteiger partial charge in [0.1, 0.15) is 0 Å². The van der Waals surface area contributed by atoms with E-state index in [2.05, 4.69) is 17.0 Å².